The van der Waals surface area contributed by atoms with E-state index in [0.29, 0.717) is 0 Å². The molecule has 0 aromatic heterocycles. The number of aryl methyl sites for hydroxylation is 1. The van der Waals surface area contributed by atoms with Crippen molar-refractivity contribution in [1.82, 2.24) is 0 Å². The quantitative estimate of drug-likeness (QED) is 0.234. The van der Waals surface area contributed by atoms with Crippen LogP contribution in [0, 0.1) is 0 Å². The average molecular weight is 364 g/mol. The van der Waals surface area contributed by atoms with Crippen LogP contribution in [0.1, 0.15) is 89.2 Å². The van der Waals surface area contributed by atoms with Gasteiger partial charge >= 0.3 is 0 Å². The lowest BCUT2D eigenvalue weighted by Gasteiger charge is -2.19. The summed E-state index contributed by atoms with van der Waals surface area (Å²) in [4.78, 5) is 0. The molecule has 0 bridgehead atoms. The van der Waals surface area contributed by atoms with Gasteiger partial charge in [-0.05, 0) is 43.8 Å². The van der Waals surface area contributed by atoms with Gasteiger partial charge in [-0.3, -0.25) is 0 Å². The largest absolute Gasteiger partial charge is 0.306 e. The third-order valence-electron chi connectivity index (χ3n) is 5.43. The maximum absolute atomic E-state index is 4.84. The minimum Gasteiger partial charge on any atom is -0.306 e. The lowest BCUT2D eigenvalue weighted by molar-refractivity contribution is 0.562. The third kappa shape index (κ3) is 10.2. The monoisotopic (exact) mass is 363 g/mol. The second kappa shape index (κ2) is 13.6. The zero-order valence-electron chi connectivity index (χ0n) is 17.4. The van der Waals surface area contributed by atoms with Gasteiger partial charge in [0.25, 0.3) is 0 Å². The molecule has 25 heavy (non-hydrogen) atoms. The van der Waals surface area contributed by atoms with Crippen LogP contribution in [0.3, 0.4) is 0 Å². The van der Waals surface area contributed by atoms with Crippen molar-refractivity contribution < 1.29 is 0 Å². The van der Waals surface area contributed by atoms with E-state index in [1.807, 2.05) is 7.05 Å². The van der Waals surface area contributed by atoms with E-state index in [4.69, 9.17) is 4.74 Å². The molecule has 0 spiro atoms. The summed E-state index contributed by atoms with van der Waals surface area (Å²) in [5.74, 6) is 0. The maximum atomic E-state index is 4.84. The predicted octanol–water partition coefficient (Wildman–Crippen LogP) is 8.13. The fourth-order valence-corrected chi connectivity index (χ4v) is 5.87. The van der Waals surface area contributed by atoms with Gasteiger partial charge in [0, 0.05) is 13.2 Å². The van der Waals surface area contributed by atoms with Gasteiger partial charge in [0.2, 0.25) is 0 Å². The summed E-state index contributed by atoms with van der Waals surface area (Å²) in [5.41, 5.74) is 2.91. The van der Waals surface area contributed by atoms with Crippen LogP contribution >= 0.6 is 7.05 Å². The molecular weight excluding hydrogens is 321 g/mol. The Morgan fingerprint density at radius 2 is 1.20 bits per heavy atom. The highest BCUT2D eigenvalue weighted by Gasteiger charge is 2.12. The molecule has 2 heteroatoms. The van der Waals surface area contributed by atoms with Crippen molar-refractivity contribution in [1.29, 1.82) is 0 Å². The van der Waals surface area contributed by atoms with Crippen LogP contribution in [0.15, 0.2) is 29.0 Å². The highest BCUT2D eigenvalue weighted by atomic mass is 31.2. The van der Waals surface area contributed by atoms with E-state index in [-0.39, 0.29) is 0 Å². The third-order valence-corrected chi connectivity index (χ3v) is 8.72. The summed E-state index contributed by atoms with van der Waals surface area (Å²) in [7, 11) is 0.901. The molecule has 0 radical (unpaired) electrons. The molecule has 1 rings (SSSR count). The van der Waals surface area contributed by atoms with Crippen LogP contribution in [-0.2, 0) is 12.6 Å². The molecule has 0 aliphatic rings. The zero-order valence-corrected chi connectivity index (χ0v) is 18.3. The number of hydrogen-bond acceptors (Lipinski definition) is 1. The Kier molecular flexibility index (Phi) is 12.3. The fourth-order valence-electron chi connectivity index (χ4n) is 3.46. The van der Waals surface area contributed by atoms with Gasteiger partial charge in [-0.25, -0.2) is 0 Å². The van der Waals surface area contributed by atoms with E-state index >= 15 is 0 Å². The van der Waals surface area contributed by atoms with E-state index < -0.39 is 7.05 Å². The molecular formula is C23H42NP. The van der Waals surface area contributed by atoms with Crippen LogP contribution in [-0.4, -0.2) is 19.9 Å². The fraction of sp³-hybridized carbons (Fsp3) is 0.739. The second-order valence-corrected chi connectivity index (χ2v) is 11.6. The second-order valence-electron chi connectivity index (χ2n) is 7.77. The lowest BCUT2D eigenvalue weighted by atomic mass is 10.1. The van der Waals surface area contributed by atoms with Crippen molar-refractivity contribution in [2.24, 2.45) is 4.74 Å². The van der Waals surface area contributed by atoms with Crippen LogP contribution in [0.4, 0.5) is 0 Å². The highest BCUT2D eigenvalue weighted by Crippen LogP contribution is 2.49. The van der Waals surface area contributed by atoms with Crippen molar-refractivity contribution in [3.05, 3.63) is 35.4 Å². The van der Waals surface area contributed by atoms with E-state index in [2.05, 4.69) is 44.8 Å². The Bertz CT molecular complexity index is 489. The van der Waals surface area contributed by atoms with Crippen molar-refractivity contribution in [3.63, 3.8) is 0 Å². The van der Waals surface area contributed by atoms with E-state index in [1.54, 1.807) is 0 Å². The molecule has 1 nitrogen and oxygen atoms in total. The van der Waals surface area contributed by atoms with Crippen molar-refractivity contribution in [2.45, 2.75) is 90.6 Å². The van der Waals surface area contributed by atoms with Crippen LogP contribution < -0.4 is 0 Å². The number of benzene rings is 1. The summed E-state index contributed by atoms with van der Waals surface area (Å²) in [6.07, 6.45) is 17.8. The molecule has 0 saturated carbocycles. The Balaban J connectivity index is 2.19. The van der Waals surface area contributed by atoms with Crippen LogP contribution in [0.5, 0.6) is 0 Å². The molecule has 0 amide bonds. The summed E-state index contributed by atoms with van der Waals surface area (Å²) >= 11 is 0. The molecule has 0 aliphatic carbocycles. The van der Waals surface area contributed by atoms with Gasteiger partial charge in [-0.1, -0.05) is 95.9 Å². The molecule has 144 valence electrons. The molecule has 0 saturated heterocycles. The van der Waals surface area contributed by atoms with Gasteiger partial charge in [0.15, 0.2) is 0 Å². The average Bonchev–Trinajstić information content (AvgIpc) is 2.64. The summed E-state index contributed by atoms with van der Waals surface area (Å²) in [6.45, 7) is 6.95. The Morgan fingerprint density at radius 3 is 1.68 bits per heavy atom. The Hall–Kier alpha value is -0.550. The van der Waals surface area contributed by atoms with Gasteiger partial charge in [0.05, 0.1) is 0 Å². The lowest BCUT2D eigenvalue weighted by Crippen LogP contribution is -1.95. The van der Waals surface area contributed by atoms with E-state index in [0.717, 1.165) is 6.42 Å². The van der Waals surface area contributed by atoms with Crippen molar-refractivity contribution in [3.8, 4) is 0 Å². The standard InChI is InChI=1S/C23H42NP/c1-5-7-8-9-10-11-12-13-14-15-20-25(4,24-3)21-23-18-16-22(6-2)17-19-23/h16-19H,5-15,20-21H2,1-4H3. The van der Waals surface area contributed by atoms with Gasteiger partial charge < -0.3 is 4.74 Å². The first-order chi connectivity index (χ1) is 12.1. The number of hydrogen-bond donors (Lipinski definition) is 0. The molecule has 1 atom stereocenters. The first kappa shape index (κ1) is 22.5. The smallest absolute Gasteiger partial charge is 0.0262 e. The van der Waals surface area contributed by atoms with Gasteiger partial charge in [0.1, 0.15) is 0 Å². The Labute approximate surface area is 158 Å². The predicted molar refractivity (Wildman–Crippen MR) is 117 cm³/mol. The molecule has 0 N–H and O–H groups in total. The van der Waals surface area contributed by atoms with Gasteiger partial charge in [-0.2, -0.15) is 0 Å². The minimum absolute atomic E-state index is 1.13. The molecule has 1 aromatic rings. The summed E-state index contributed by atoms with van der Waals surface area (Å²) in [5, 5.41) is 0. The highest BCUT2D eigenvalue weighted by molar-refractivity contribution is 7.64. The molecule has 0 aliphatic heterocycles. The zero-order chi connectivity index (χ0) is 18.4. The van der Waals surface area contributed by atoms with E-state index in [9.17, 15) is 0 Å². The SMILES string of the molecule is CCCCCCCCCCCCP(C)(Cc1ccc(CC)cc1)=NC. The normalized spacial score (nSPS) is 13.6. The van der Waals surface area contributed by atoms with Crippen LogP contribution in [0.2, 0.25) is 0 Å². The molecule has 0 heterocycles. The molecule has 1 unspecified atom stereocenters. The number of unbranched alkanes of at least 4 members (excludes halogenated alkanes) is 9. The maximum Gasteiger partial charge on any atom is 0.0262 e. The Morgan fingerprint density at radius 1 is 0.720 bits per heavy atom. The topological polar surface area (TPSA) is 12.4 Å². The van der Waals surface area contributed by atoms with Crippen molar-refractivity contribution >= 4 is 7.05 Å². The van der Waals surface area contributed by atoms with Crippen LogP contribution in [0.25, 0.3) is 0 Å². The summed E-state index contributed by atoms with van der Waals surface area (Å²) < 4.78 is 4.84. The van der Waals surface area contributed by atoms with Gasteiger partial charge in [-0.15, -0.1) is 0 Å². The first-order valence-electron chi connectivity index (χ1n) is 10.7. The minimum atomic E-state index is -1.14. The first-order valence-corrected chi connectivity index (χ1v) is 13.2. The van der Waals surface area contributed by atoms with E-state index in [1.165, 1.54) is 87.7 Å². The summed E-state index contributed by atoms with van der Waals surface area (Å²) in [6, 6.07) is 9.22. The molecule has 1 aromatic carbocycles. The molecule has 0 fully saturated rings. The number of nitrogens with zero attached hydrogens (tertiary/aromatic N) is 1. The van der Waals surface area contributed by atoms with Crippen molar-refractivity contribution in [2.75, 3.05) is 19.9 Å². The number of rotatable bonds is 14.